The molecule has 10 heteroatoms. The van der Waals surface area contributed by atoms with Gasteiger partial charge in [-0.25, -0.2) is 4.98 Å². The first-order chi connectivity index (χ1) is 15.6. The van der Waals surface area contributed by atoms with Crippen molar-refractivity contribution in [1.82, 2.24) is 15.3 Å². The van der Waals surface area contributed by atoms with Gasteiger partial charge in [0, 0.05) is 43.3 Å². The number of amides is 2. The van der Waals surface area contributed by atoms with Gasteiger partial charge in [-0.15, -0.1) is 11.3 Å². The normalized spacial score (nSPS) is 15.6. The highest BCUT2D eigenvalue weighted by atomic mass is 32.1. The van der Waals surface area contributed by atoms with E-state index in [1.165, 1.54) is 11.3 Å². The molecule has 164 valence electrons. The lowest BCUT2D eigenvalue weighted by Gasteiger charge is -2.30. The minimum atomic E-state index is -0.331. The van der Waals surface area contributed by atoms with Crippen LogP contribution in [-0.4, -0.2) is 55.1 Å². The van der Waals surface area contributed by atoms with Crippen molar-refractivity contribution in [3.05, 3.63) is 58.9 Å². The first-order valence-corrected chi connectivity index (χ1v) is 11.2. The van der Waals surface area contributed by atoms with Gasteiger partial charge in [-0.1, -0.05) is 0 Å². The number of hydrogen-bond acceptors (Lipinski definition) is 8. The maximum Gasteiger partial charge on any atom is 0.275 e. The molecule has 0 aliphatic carbocycles. The SMILES string of the molecule is COc1ccc2c(c1)CN(c1nc(C(=O)Nc3cnccc3N3CCNCC3)cs1)C2=O. The molecule has 3 aromatic rings. The van der Waals surface area contributed by atoms with Crippen LogP contribution in [0.15, 0.2) is 42.0 Å². The number of fused-ring (bicyclic) bond motifs is 1. The van der Waals surface area contributed by atoms with Crippen LogP contribution in [0.2, 0.25) is 0 Å². The number of carbonyl (C=O) groups excluding carboxylic acids is 2. The molecule has 2 aliphatic heterocycles. The molecule has 9 nitrogen and oxygen atoms in total. The molecular formula is C22H22N6O3S. The van der Waals surface area contributed by atoms with Crippen molar-refractivity contribution in [3.63, 3.8) is 0 Å². The monoisotopic (exact) mass is 450 g/mol. The molecule has 2 N–H and O–H groups in total. The van der Waals surface area contributed by atoms with E-state index in [0.29, 0.717) is 28.7 Å². The van der Waals surface area contributed by atoms with Gasteiger partial charge < -0.3 is 20.3 Å². The highest BCUT2D eigenvalue weighted by Gasteiger charge is 2.31. The van der Waals surface area contributed by atoms with Gasteiger partial charge in [-0.05, 0) is 29.8 Å². The lowest BCUT2D eigenvalue weighted by molar-refractivity contribution is 0.0991. The third kappa shape index (κ3) is 3.78. The molecule has 32 heavy (non-hydrogen) atoms. The molecule has 2 aliphatic rings. The number of hydrogen-bond donors (Lipinski definition) is 2. The van der Waals surface area contributed by atoms with E-state index < -0.39 is 0 Å². The Bertz CT molecular complexity index is 1170. The largest absolute Gasteiger partial charge is 0.497 e. The zero-order valence-electron chi connectivity index (χ0n) is 17.5. The molecule has 0 radical (unpaired) electrons. The first-order valence-electron chi connectivity index (χ1n) is 10.3. The third-order valence-corrected chi connectivity index (χ3v) is 6.44. The summed E-state index contributed by atoms with van der Waals surface area (Å²) in [6.45, 7) is 3.90. The fraction of sp³-hybridized carbons (Fsp3) is 0.273. The van der Waals surface area contributed by atoms with Crippen LogP contribution in [0.3, 0.4) is 0 Å². The van der Waals surface area contributed by atoms with Gasteiger partial charge in [0.05, 0.1) is 31.2 Å². The number of nitrogens with one attached hydrogen (secondary N) is 2. The summed E-state index contributed by atoms with van der Waals surface area (Å²) in [7, 11) is 1.60. The van der Waals surface area contributed by atoms with Crippen molar-refractivity contribution >= 4 is 39.7 Å². The molecule has 4 heterocycles. The van der Waals surface area contributed by atoms with Crippen molar-refractivity contribution in [2.75, 3.05) is 48.4 Å². The summed E-state index contributed by atoms with van der Waals surface area (Å²) in [6, 6.07) is 7.29. The predicted octanol–water partition coefficient (Wildman–Crippen LogP) is 2.37. The Morgan fingerprint density at radius 1 is 1.25 bits per heavy atom. The minimum absolute atomic E-state index is 0.128. The number of anilines is 3. The highest BCUT2D eigenvalue weighted by molar-refractivity contribution is 7.14. The van der Waals surface area contributed by atoms with Gasteiger partial charge in [-0.2, -0.15) is 0 Å². The number of carbonyl (C=O) groups is 2. The average molecular weight is 451 g/mol. The number of benzene rings is 1. The zero-order chi connectivity index (χ0) is 22.1. The van der Waals surface area contributed by atoms with Crippen LogP contribution in [0.1, 0.15) is 26.4 Å². The number of nitrogens with zero attached hydrogens (tertiary/aromatic N) is 4. The molecular weight excluding hydrogens is 428 g/mol. The highest BCUT2D eigenvalue weighted by Crippen LogP contribution is 2.33. The van der Waals surface area contributed by atoms with E-state index in [2.05, 4.69) is 25.5 Å². The lowest BCUT2D eigenvalue weighted by Crippen LogP contribution is -2.43. The second-order valence-corrected chi connectivity index (χ2v) is 8.35. The summed E-state index contributed by atoms with van der Waals surface area (Å²) < 4.78 is 5.25. The maximum absolute atomic E-state index is 12.9. The van der Waals surface area contributed by atoms with Gasteiger partial charge >= 0.3 is 0 Å². The fourth-order valence-corrected chi connectivity index (χ4v) is 4.72. The number of pyridine rings is 1. The minimum Gasteiger partial charge on any atom is -0.497 e. The van der Waals surface area contributed by atoms with E-state index >= 15 is 0 Å². The number of thiazole rings is 1. The van der Waals surface area contributed by atoms with E-state index in [0.717, 1.165) is 37.4 Å². The van der Waals surface area contributed by atoms with E-state index in [-0.39, 0.29) is 17.5 Å². The second kappa shape index (κ2) is 8.56. The van der Waals surface area contributed by atoms with Gasteiger partial charge in [0.25, 0.3) is 11.8 Å². The smallest absolute Gasteiger partial charge is 0.275 e. The summed E-state index contributed by atoms with van der Waals surface area (Å²) >= 11 is 1.27. The molecule has 2 aromatic heterocycles. The van der Waals surface area contributed by atoms with Crippen molar-refractivity contribution in [2.24, 2.45) is 0 Å². The Morgan fingerprint density at radius 3 is 2.91 bits per heavy atom. The molecule has 2 amide bonds. The summed E-state index contributed by atoms with van der Waals surface area (Å²) in [6.07, 6.45) is 3.37. The summed E-state index contributed by atoms with van der Waals surface area (Å²) in [4.78, 5) is 38.1. The molecule has 0 atom stereocenters. The predicted molar refractivity (Wildman–Crippen MR) is 123 cm³/mol. The standard InChI is InChI=1S/C22H22N6O3S/c1-31-15-2-3-16-14(10-15)12-28(21(16)30)22-26-18(13-32-22)20(29)25-17-11-24-5-4-19(17)27-8-6-23-7-9-27/h2-5,10-11,13,23H,6-9,12H2,1H3,(H,25,29). The summed E-state index contributed by atoms with van der Waals surface area (Å²) in [5.41, 5.74) is 3.35. The zero-order valence-corrected chi connectivity index (χ0v) is 18.3. The quantitative estimate of drug-likeness (QED) is 0.616. The topological polar surface area (TPSA) is 99.7 Å². The molecule has 1 aromatic carbocycles. The van der Waals surface area contributed by atoms with E-state index in [9.17, 15) is 9.59 Å². The number of piperazine rings is 1. The van der Waals surface area contributed by atoms with E-state index in [4.69, 9.17) is 4.74 Å². The number of ether oxygens (including phenoxy) is 1. The van der Waals surface area contributed by atoms with Crippen LogP contribution in [-0.2, 0) is 6.54 Å². The van der Waals surface area contributed by atoms with Gasteiger partial charge in [0.1, 0.15) is 11.4 Å². The van der Waals surface area contributed by atoms with Gasteiger partial charge in [0.15, 0.2) is 5.13 Å². The third-order valence-electron chi connectivity index (χ3n) is 5.58. The fourth-order valence-electron chi connectivity index (χ4n) is 3.92. The van der Waals surface area contributed by atoms with Gasteiger partial charge in [-0.3, -0.25) is 19.5 Å². The maximum atomic E-state index is 12.9. The molecule has 1 saturated heterocycles. The van der Waals surface area contributed by atoms with Crippen LogP contribution in [0, 0.1) is 0 Å². The molecule has 0 bridgehead atoms. The van der Waals surface area contributed by atoms with Crippen molar-refractivity contribution in [2.45, 2.75) is 6.54 Å². The molecule has 0 saturated carbocycles. The van der Waals surface area contributed by atoms with Crippen LogP contribution in [0.25, 0.3) is 0 Å². The molecule has 1 fully saturated rings. The average Bonchev–Trinajstić information content (AvgIpc) is 3.45. The number of rotatable bonds is 5. The molecule has 5 rings (SSSR count). The Balaban J connectivity index is 1.33. The van der Waals surface area contributed by atoms with Crippen molar-refractivity contribution < 1.29 is 14.3 Å². The Labute approximate surface area is 189 Å². The Kier molecular flexibility index (Phi) is 5.46. The van der Waals surface area contributed by atoms with Crippen molar-refractivity contribution in [1.29, 1.82) is 0 Å². The second-order valence-electron chi connectivity index (χ2n) is 7.51. The van der Waals surface area contributed by atoms with E-state index in [1.807, 2.05) is 12.1 Å². The summed E-state index contributed by atoms with van der Waals surface area (Å²) in [5, 5.41) is 8.42. The van der Waals surface area contributed by atoms with Crippen LogP contribution >= 0.6 is 11.3 Å². The lowest BCUT2D eigenvalue weighted by atomic mass is 10.1. The van der Waals surface area contributed by atoms with Crippen LogP contribution in [0.5, 0.6) is 5.75 Å². The number of aromatic nitrogens is 2. The molecule has 0 spiro atoms. The summed E-state index contributed by atoms with van der Waals surface area (Å²) in [5.74, 6) is 0.245. The first kappa shape index (κ1) is 20.4. The Morgan fingerprint density at radius 2 is 2.09 bits per heavy atom. The van der Waals surface area contributed by atoms with Crippen LogP contribution in [0.4, 0.5) is 16.5 Å². The van der Waals surface area contributed by atoms with Crippen LogP contribution < -0.4 is 25.2 Å². The molecule has 0 unspecified atom stereocenters. The van der Waals surface area contributed by atoms with Crippen molar-refractivity contribution in [3.8, 4) is 5.75 Å². The van der Waals surface area contributed by atoms with Gasteiger partial charge in [0.2, 0.25) is 0 Å². The van der Waals surface area contributed by atoms with E-state index in [1.54, 1.807) is 41.9 Å². The Hall–Kier alpha value is -3.50. The number of methoxy groups -OCH3 is 1.